The molecule has 0 bridgehead atoms. The Morgan fingerprint density at radius 3 is 1.41 bits per heavy atom. The standard InChI is InChI=1S/C35H38O6/c36-23-32(37)34(40-26-30-17-9-3-10-18-30)35(41-27-31-19-11-4-12-20-31)33(39-25-29-15-7-2-8-16-29)21-22-38-24-28-13-5-1-6-14-28/h1-20,32-33,36-37H,21-27H2/b35-34-/t32-,33+/m1/s1. The molecule has 0 fully saturated rings. The van der Waals surface area contributed by atoms with E-state index in [2.05, 4.69) is 0 Å². The molecule has 214 valence electrons. The van der Waals surface area contributed by atoms with Crippen LogP contribution in [0.15, 0.2) is 133 Å². The molecule has 6 heteroatoms. The molecule has 0 aromatic heterocycles. The fourth-order valence-electron chi connectivity index (χ4n) is 4.22. The number of hydrogen-bond donors (Lipinski definition) is 2. The van der Waals surface area contributed by atoms with Gasteiger partial charge in [-0.15, -0.1) is 0 Å². The van der Waals surface area contributed by atoms with Crippen LogP contribution in [0.5, 0.6) is 0 Å². The molecular weight excluding hydrogens is 516 g/mol. The lowest BCUT2D eigenvalue weighted by molar-refractivity contribution is -0.0271. The molecule has 4 aromatic rings. The van der Waals surface area contributed by atoms with Gasteiger partial charge in [0, 0.05) is 13.0 Å². The van der Waals surface area contributed by atoms with Crippen molar-refractivity contribution >= 4 is 0 Å². The lowest BCUT2D eigenvalue weighted by Gasteiger charge is -2.26. The lowest BCUT2D eigenvalue weighted by Crippen LogP contribution is -2.28. The van der Waals surface area contributed by atoms with E-state index in [1.54, 1.807) is 0 Å². The molecule has 0 radical (unpaired) electrons. The molecule has 0 aliphatic heterocycles. The zero-order valence-corrected chi connectivity index (χ0v) is 23.2. The summed E-state index contributed by atoms with van der Waals surface area (Å²) in [5.74, 6) is 0.485. The molecule has 0 unspecified atom stereocenters. The van der Waals surface area contributed by atoms with Gasteiger partial charge >= 0.3 is 0 Å². The smallest absolute Gasteiger partial charge is 0.168 e. The Balaban J connectivity index is 1.60. The topological polar surface area (TPSA) is 77.4 Å². The Morgan fingerprint density at radius 1 is 0.537 bits per heavy atom. The summed E-state index contributed by atoms with van der Waals surface area (Å²) in [6, 6.07) is 39.3. The van der Waals surface area contributed by atoms with Gasteiger partial charge in [-0.05, 0) is 22.3 Å². The first-order valence-corrected chi connectivity index (χ1v) is 13.9. The maximum absolute atomic E-state index is 10.9. The van der Waals surface area contributed by atoms with Gasteiger partial charge in [0.2, 0.25) is 0 Å². The van der Waals surface area contributed by atoms with E-state index >= 15 is 0 Å². The highest BCUT2D eigenvalue weighted by atomic mass is 16.6. The first-order valence-electron chi connectivity index (χ1n) is 13.9. The van der Waals surface area contributed by atoms with Gasteiger partial charge in [-0.3, -0.25) is 0 Å². The molecule has 2 atom stereocenters. The van der Waals surface area contributed by atoms with Crippen LogP contribution >= 0.6 is 0 Å². The van der Waals surface area contributed by atoms with Crippen molar-refractivity contribution in [2.24, 2.45) is 0 Å². The van der Waals surface area contributed by atoms with Gasteiger partial charge in [0.05, 0.1) is 19.8 Å². The third-order valence-electron chi connectivity index (χ3n) is 6.42. The molecule has 0 aliphatic carbocycles. The summed E-state index contributed by atoms with van der Waals surface area (Å²) in [6.45, 7) is 1.08. The monoisotopic (exact) mass is 554 g/mol. The van der Waals surface area contributed by atoms with Crippen LogP contribution in [0.4, 0.5) is 0 Å². The zero-order valence-electron chi connectivity index (χ0n) is 23.2. The second kappa shape index (κ2) is 17.0. The quantitative estimate of drug-likeness (QED) is 0.120. The molecule has 6 nitrogen and oxygen atoms in total. The number of benzene rings is 4. The highest BCUT2D eigenvalue weighted by Crippen LogP contribution is 2.25. The average Bonchev–Trinajstić information content (AvgIpc) is 3.04. The minimum Gasteiger partial charge on any atom is -0.487 e. The molecule has 2 N–H and O–H groups in total. The van der Waals surface area contributed by atoms with Crippen molar-refractivity contribution in [2.45, 2.75) is 45.1 Å². The van der Waals surface area contributed by atoms with Crippen LogP contribution in [0, 0.1) is 0 Å². The molecule has 0 amide bonds. The summed E-state index contributed by atoms with van der Waals surface area (Å²) >= 11 is 0. The van der Waals surface area contributed by atoms with E-state index in [1.807, 2.05) is 121 Å². The summed E-state index contributed by atoms with van der Waals surface area (Å²) < 4.78 is 25.0. The van der Waals surface area contributed by atoms with Crippen LogP contribution < -0.4 is 0 Å². The van der Waals surface area contributed by atoms with Crippen molar-refractivity contribution in [2.75, 3.05) is 13.2 Å². The molecule has 4 rings (SSSR count). The normalized spacial score (nSPS) is 13.2. The fraction of sp³-hybridized carbons (Fsp3) is 0.257. The van der Waals surface area contributed by atoms with E-state index in [0.717, 1.165) is 22.3 Å². The Labute approximate surface area is 242 Å². The summed E-state index contributed by atoms with van der Waals surface area (Å²) in [4.78, 5) is 0. The first-order chi connectivity index (χ1) is 20.2. The van der Waals surface area contributed by atoms with Gasteiger partial charge in [0.25, 0.3) is 0 Å². The molecule has 0 saturated carbocycles. The summed E-state index contributed by atoms with van der Waals surface area (Å²) in [5, 5.41) is 20.9. The fourth-order valence-corrected chi connectivity index (χ4v) is 4.22. The second-order valence-electron chi connectivity index (χ2n) is 9.59. The van der Waals surface area contributed by atoms with Crippen LogP contribution in [-0.2, 0) is 45.4 Å². The SMILES string of the molecule is OC[C@@H](O)/C(OCc1ccccc1)=C(/OCc1ccccc1)[C@H](CCOCc1ccccc1)OCc1ccccc1. The lowest BCUT2D eigenvalue weighted by atomic mass is 10.1. The highest BCUT2D eigenvalue weighted by Gasteiger charge is 2.27. The summed E-state index contributed by atoms with van der Waals surface area (Å²) in [7, 11) is 0. The third kappa shape index (κ3) is 10.2. The molecule has 0 spiro atoms. The van der Waals surface area contributed by atoms with E-state index in [0.29, 0.717) is 32.0 Å². The third-order valence-corrected chi connectivity index (χ3v) is 6.42. The van der Waals surface area contributed by atoms with Crippen molar-refractivity contribution in [3.05, 3.63) is 155 Å². The van der Waals surface area contributed by atoms with Crippen LogP contribution in [-0.4, -0.2) is 35.6 Å². The number of hydrogen-bond acceptors (Lipinski definition) is 6. The maximum atomic E-state index is 10.9. The van der Waals surface area contributed by atoms with E-state index in [9.17, 15) is 10.2 Å². The highest BCUT2D eigenvalue weighted by molar-refractivity contribution is 5.19. The van der Waals surface area contributed by atoms with Gasteiger partial charge in [0.1, 0.15) is 25.4 Å². The first kappa shape index (κ1) is 30.0. The van der Waals surface area contributed by atoms with Gasteiger partial charge < -0.3 is 29.2 Å². The van der Waals surface area contributed by atoms with E-state index in [4.69, 9.17) is 18.9 Å². The van der Waals surface area contributed by atoms with Gasteiger partial charge in [-0.1, -0.05) is 121 Å². The maximum Gasteiger partial charge on any atom is 0.168 e. The number of rotatable bonds is 17. The molecule has 0 aliphatic rings. The van der Waals surface area contributed by atoms with Gasteiger partial charge in [-0.25, -0.2) is 0 Å². The van der Waals surface area contributed by atoms with Crippen molar-refractivity contribution in [1.29, 1.82) is 0 Å². The molecule has 41 heavy (non-hydrogen) atoms. The molecule has 4 aromatic carbocycles. The van der Waals surface area contributed by atoms with Crippen LogP contribution in [0.2, 0.25) is 0 Å². The molecule has 0 heterocycles. The van der Waals surface area contributed by atoms with Crippen LogP contribution in [0.3, 0.4) is 0 Å². The van der Waals surface area contributed by atoms with E-state index in [1.165, 1.54) is 0 Å². The predicted octanol–water partition coefficient (Wildman–Crippen LogP) is 6.18. The second-order valence-corrected chi connectivity index (χ2v) is 9.59. The predicted molar refractivity (Wildman–Crippen MR) is 158 cm³/mol. The van der Waals surface area contributed by atoms with Crippen LogP contribution in [0.1, 0.15) is 28.7 Å². The Kier molecular flexibility index (Phi) is 12.5. The Morgan fingerprint density at radius 2 is 0.951 bits per heavy atom. The van der Waals surface area contributed by atoms with Crippen molar-refractivity contribution in [3.63, 3.8) is 0 Å². The zero-order chi connectivity index (χ0) is 28.5. The van der Waals surface area contributed by atoms with Crippen molar-refractivity contribution < 1.29 is 29.2 Å². The minimum absolute atomic E-state index is 0.147. The summed E-state index contributed by atoms with van der Waals surface area (Å²) in [6.07, 6.45) is -1.46. The molecule has 0 saturated heterocycles. The average molecular weight is 555 g/mol. The summed E-state index contributed by atoms with van der Waals surface area (Å²) in [5.41, 5.74) is 3.95. The Bertz CT molecular complexity index is 1280. The number of aliphatic hydroxyl groups excluding tert-OH is 2. The van der Waals surface area contributed by atoms with Crippen LogP contribution in [0.25, 0.3) is 0 Å². The minimum atomic E-state index is -1.29. The Hall–Kier alpha value is -3.94. The number of ether oxygens (including phenoxy) is 4. The van der Waals surface area contributed by atoms with E-state index in [-0.39, 0.29) is 19.0 Å². The van der Waals surface area contributed by atoms with Crippen molar-refractivity contribution in [1.82, 2.24) is 0 Å². The van der Waals surface area contributed by atoms with Gasteiger partial charge in [-0.2, -0.15) is 0 Å². The molecular formula is C35H38O6. The largest absolute Gasteiger partial charge is 0.487 e. The number of aliphatic hydroxyl groups is 2. The van der Waals surface area contributed by atoms with E-state index < -0.39 is 18.8 Å². The van der Waals surface area contributed by atoms with Gasteiger partial charge in [0.15, 0.2) is 11.5 Å². The van der Waals surface area contributed by atoms with Crippen molar-refractivity contribution in [3.8, 4) is 0 Å².